The third-order valence-electron chi connectivity index (χ3n) is 3.52. The van der Waals surface area contributed by atoms with E-state index in [1.54, 1.807) is 6.92 Å². The molecule has 1 aliphatic heterocycles. The third kappa shape index (κ3) is 9.34. The van der Waals surface area contributed by atoms with Gasteiger partial charge in [0.25, 0.3) is 0 Å². The molecule has 0 aromatic heterocycles. The van der Waals surface area contributed by atoms with E-state index < -0.39 is 0 Å². The Kier molecular flexibility index (Phi) is 12.5. The van der Waals surface area contributed by atoms with Crippen LogP contribution in [0, 0.1) is 5.92 Å². The first kappa shape index (κ1) is 22.4. The zero-order chi connectivity index (χ0) is 16.4. The Labute approximate surface area is 158 Å². The van der Waals surface area contributed by atoms with Crippen molar-refractivity contribution in [3.05, 3.63) is 0 Å². The molecule has 0 unspecified atom stereocenters. The molecule has 0 radical (unpaired) electrons. The molecule has 0 bridgehead atoms. The first-order chi connectivity index (χ1) is 10.5. The average Bonchev–Trinajstić information content (AvgIpc) is 2.49. The van der Waals surface area contributed by atoms with Gasteiger partial charge in [0.1, 0.15) is 0 Å². The summed E-state index contributed by atoms with van der Waals surface area (Å²) >= 11 is 0. The van der Waals surface area contributed by atoms with Crippen LogP contribution in [0.3, 0.4) is 0 Å². The lowest BCUT2D eigenvalue weighted by molar-refractivity contribution is -0.130. The Morgan fingerprint density at radius 2 is 1.83 bits per heavy atom. The van der Waals surface area contributed by atoms with Crippen molar-refractivity contribution in [3.63, 3.8) is 0 Å². The van der Waals surface area contributed by atoms with Crippen molar-refractivity contribution in [2.75, 3.05) is 52.5 Å². The summed E-state index contributed by atoms with van der Waals surface area (Å²) < 4.78 is 5.58. The van der Waals surface area contributed by atoms with Gasteiger partial charge >= 0.3 is 0 Å². The molecular weight excluding hydrogens is 407 g/mol. The number of piperazine rings is 1. The number of hydrogen-bond donors (Lipinski definition) is 1. The minimum absolute atomic E-state index is 0. The summed E-state index contributed by atoms with van der Waals surface area (Å²) in [6, 6.07) is 0. The molecular formula is C16H33IN4O2. The van der Waals surface area contributed by atoms with Crippen molar-refractivity contribution in [3.8, 4) is 0 Å². The monoisotopic (exact) mass is 440 g/mol. The highest BCUT2D eigenvalue weighted by Gasteiger charge is 2.20. The zero-order valence-electron chi connectivity index (χ0n) is 15.0. The maximum absolute atomic E-state index is 11.4. The normalized spacial score (nSPS) is 15.6. The number of guanidine groups is 1. The Hall–Kier alpha value is -0.570. The van der Waals surface area contributed by atoms with Gasteiger partial charge in [-0.25, -0.2) is 0 Å². The van der Waals surface area contributed by atoms with Crippen LogP contribution < -0.4 is 5.32 Å². The first-order valence-electron chi connectivity index (χ1n) is 8.41. The number of nitrogens with zero attached hydrogens (tertiary/aromatic N) is 3. The fraction of sp³-hybridized carbons (Fsp3) is 0.875. The van der Waals surface area contributed by atoms with Crippen LogP contribution in [-0.2, 0) is 9.53 Å². The van der Waals surface area contributed by atoms with Gasteiger partial charge in [-0.2, -0.15) is 0 Å². The summed E-state index contributed by atoms with van der Waals surface area (Å²) in [6.07, 6.45) is 0.940. The van der Waals surface area contributed by atoms with Crippen molar-refractivity contribution >= 4 is 35.8 Å². The average molecular weight is 440 g/mol. The van der Waals surface area contributed by atoms with E-state index in [-0.39, 0.29) is 29.9 Å². The van der Waals surface area contributed by atoms with Gasteiger partial charge in [0.2, 0.25) is 5.91 Å². The second-order valence-corrected chi connectivity index (χ2v) is 6.05. The lowest BCUT2D eigenvalue weighted by atomic mass is 10.2. The maximum Gasteiger partial charge on any atom is 0.219 e. The molecule has 1 aliphatic rings. The minimum Gasteiger partial charge on any atom is -0.381 e. The molecule has 1 amide bonds. The van der Waals surface area contributed by atoms with Crippen LogP contribution >= 0.6 is 24.0 Å². The van der Waals surface area contributed by atoms with E-state index in [1.807, 2.05) is 4.90 Å². The van der Waals surface area contributed by atoms with Crippen LogP contribution in [0.4, 0.5) is 0 Å². The number of carbonyl (C=O) groups excluding carboxylic acids is 1. The topological polar surface area (TPSA) is 57.2 Å². The second kappa shape index (κ2) is 12.8. The number of rotatable bonds is 7. The number of hydrogen-bond acceptors (Lipinski definition) is 3. The standard InChI is InChI=1S/C16H32N4O2.HI/c1-5-17-16(18-7-6-12-22-13-14(2)3)20-10-8-19(9-11-20)15(4)21;/h14H,5-13H2,1-4H3,(H,17,18);1H. The van der Waals surface area contributed by atoms with Crippen LogP contribution in [0.1, 0.15) is 34.1 Å². The highest BCUT2D eigenvalue weighted by atomic mass is 127. The molecule has 0 saturated carbocycles. The first-order valence-corrected chi connectivity index (χ1v) is 8.41. The quantitative estimate of drug-likeness (QED) is 0.284. The van der Waals surface area contributed by atoms with E-state index in [1.165, 1.54) is 0 Å². The lowest BCUT2D eigenvalue weighted by Crippen LogP contribution is -2.53. The van der Waals surface area contributed by atoms with Gasteiger partial charge < -0.3 is 19.9 Å². The van der Waals surface area contributed by atoms with E-state index in [4.69, 9.17) is 4.74 Å². The molecule has 6 nitrogen and oxygen atoms in total. The predicted molar refractivity (Wildman–Crippen MR) is 105 cm³/mol. The Balaban J connectivity index is 0.00000484. The van der Waals surface area contributed by atoms with E-state index in [0.717, 1.165) is 64.9 Å². The van der Waals surface area contributed by atoms with Gasteiger partial charge in [0.05, 0.1) is 0 Å². The Morgan fingerprint density at radius 1 is 1.22 bits per heavy atom. The Morgan fingerprint density at radius 3 is 2.35 bits per heavy atom. The SMILES string of the molecule is CCNC(=NCCCOCC(C)C)N1CCN(C(C)=O)CC1.I. The van der Waals surface area contributed by atoms with Gasteiger partial charge in [-0.1, -0.05) is 13.8 Å². The molecule has 0 spiro atoms. The van der Waals surface area contributed by atoms with Gasteiger partial charge in [0.15, 0.2) is 5.96 Å². The van der Waals surface area contributed by atoms with Crippen molar-refractivity contribution in [1.29, 1.82) is 0 Å². The molecule has 1 rings (SSSR count). The molecule has 0 aromatic rings. The fourth-order valence-electron chi connectivity index (χ4n) is 2.33. The van der Waals surface area contributed by atoms with Crippen molar-refractivity contribution in [1.82, 2.24) is 15.1 Å². The predicted octanol–water partition coefficient (Wildman–Crippen LogP) is 1.80. The molecule has 0 atom stereocenters. The van der Waals surface area contributed by atoms with Crippen molar-refractivity contribution < 1.29 is 9.53 Å². The van der Waals surface area contributed by atoms with Gasteiger partial charge in [-0.15, -0.1) is 24.0 Å². The van der Waals surface area contributed by atoms with Crippen molar-refractivity contribution in [2.24, 2.45) is 10.9 Å². The third-order valence-corrected chi connectivity index (χ3v) is 3.52. The molecule has 136 valence electrons. The number of amides is 1. The van der Waals surface area contributed by atoms with Crippen LogP contribution in [0.2, 0.25) is 0 Å². The molecule has 1 N–H and O–H groups in total. The lowest BCUT2D eigenvalue weighted by Gasteiger charge is -2.36. The van der Waals surface area contributed by atoms with E-state index in [9.17, 15) is 4.79 Å². The summed E-state index contributed by atoms with van der Waals surface area (Å²) in [4.78, 5) is 20.2. The Bertz CT molecular complexity index is 356. The van der Waals surface area contributed by atoms with Crippen LogP contribution in [0.25, 0.3) is 0 Å². The van der Waals surface area contributed by atoms with Crippen molar-refractivity contribution in [2.45, 2.75) is 34.1 Å². The summed E-state index contributed by atoms with van der Waals surface area (Å²) in [7, 11) is 0. The van der Waals surface area contributed by atoms with Gasteiger partial charge in [-0.05, 0) is 19.3 Å². The highest BCUT2D eigenvalue weighted by molar-refractivity contribution is 14.0. The van der Waals surface area contributed by atoms with Crippen LogP contribution in [-0.4, -0.2) is 74.1 Å². The molecule has 1 heterocycles. The van der Waals surface area contributed by atoms with Gasteiger partial charge in [-0.3, -0.25) is 9.79 Å². The maximum atomic E-state index is 11.4. The summed E-state index contributed by atoms with van der Waals surface area (Å²) in [5.74, 6) is 1.69. The van der Waals surface area contributed by atoms with Crippen LogP contribution in [0.15, 0.2) is 4.99 Å². The minimum atomic E-state index is 0. The van der Waals surface area contributed by atoms with E-state index >= 15 is 0 Å². The summed E-state index contributed by atoms with van der Waals surface area (Å²) in [5, 5.41) is 3.34. The summed E-state index contributed by atoms with van der Waals surface area (Å²) in [5.41, 5.74) is 0. The fourth-order valence-corrected chi connectivity index (χ4v) is 2.33. The second-order valence-electron chi connectivity index (χ2n) is 6.05. The molecule has 7 heteroatoms. The number of halogens is 1. The molecule has 1 fully saturated rings. The number of ether oxygens (including phenoxy) is 1. The van der Waals surface area contributed by atoms with E-state index in [0.29, 0.717) is 5.92 Å². The summed E-state index contributed by atoms with van der Waals surface area (Å²) in [6.45, 7) is 14.5. The molecule has 1 saturated heterocycles. The number of carbonyl (C=O) groups is 1. The number of nitrogens with one attached hydrogen (secondary N) is 1. The smallest absolute Gasteiger partial charge is 0.219 e. The highest BCUT2D eigenvalue weighted by Crippen LogP contribution is 2.03. The largest absolute Gasteiger partial charge is 0.381 e. The molecule has 23 heavy (non-hydrogen) atoms. The zero-order valence-corrected chi connectivity index (χ0v) is 17.3. The molecule has 0 aliphatic carbocycles. The van der Waals surface area contributed by atoms with Gasteiger partial charge in [0, 0.05) is 59.4 Å². The molecule has 0 aromatic carbocycles. The van der Waals surface area contributed by atoms with E-state index in [2.05, 4.69) is 36.0 Å². The number of aliphatic imine (C=N–C) groups is 1. The van der Waals surface area contributed by atoms with Crippen LogP contribution in [0.5, 0.6) is 0 Å².